The van der Waals surface area contributed by atoms with Crippen LogP contribution in [0.15, 0.2) is 42.3 Å². The molecule has 0 fully saturated rings. The normalized spacial score (nSPS) is 11.9. The maximum Gasteiger partial charge on any atom is 0.185 e. The first-order chi connectivity index (χ1) is 25.1. The highest BCUT2D eigenvalue weighted by molar-refractivity contribution is 5.81. The smallest absolute Gasteiger partial charge is 0.185 e. The number of carbonyl (C=O) groups is 1. The van der Waals surface area contributed by atoms with Crippen molar-refractivity contribution in [3.63, 3.8) is 0 Å². The van der Waals surface area contributed by atoms with Gasteiger partial charge in [-0.15, -0.1) is 12.3 Å². The van der Waals surface area contributed by atoms with Gasteiger partial charge in [-0.05, 0) is 96.3 Å². The van der Waals surface area contributed by atoms with E-state index in [4.69, 9.17) is 22.9 Å². The van der Waals surface area contributed by atoms with E-state index in [1.165, 1.54) is 20.3 Å². The van der Waals surface area contributed by atoms with Gasteiger partial charge in [-0.25, -0.2) is 4.98 Å². The molecule has 0 amide bonds. The zero-order valence-corrected chi connectivity index (χ0v) is 37.4. The molecule has 17 heteroatoms. The molecule has 1 aromatic rings. The van der Waals surface area contributed by atoms with Crippen molar-refractivity contribution in [1.82, 2.24) is 30.4 Å². The van der Waals surface area contributed by atoms with Crippen molar-refractivity contribution in [2.24, 2.45) is 52.9 Å². The highest BCUT2D eigenvalue weighted by Gasteiger charge is 1.94. The van der Waals surface area contributed by atoms with Gasteiger partial charge < -0.3 is 53.1 Å². The molecule has 0 saturated heterocycles. The van der Waals surface area contributed by atoms with Gasteiger partial charge in [0.05, 0.1) is 35.7 Å². The molecule has 2 aliphatic heterocycles. The summed E-state index contributed by atoms with van der Waals surface area (Å²) in [5.74, 6) is 8.03. The monoisotopic (exact) mass is 767 g/mol. The summed E-state index contributed by atoms with van der Waals surface area (Å²) < 4.78 is 0. The topological polar surface area (TPSA) is 255 Å². The van der Waals surface area contributed by atoms with Crippen LogP contribution in [0.4, 0.5) is 0 Å². The molecule has 2 aliphatic rings. The number of terminal acetylenes is 1. The van der Waals surface area contributed by atoms with Gasteiger partial charge in [0.15, 0.2) is 5.96 Å². The van der Waals surface area contributed by atoms with Crippen LogP contribution in [0.1, 0.15) is 81.5 Å². The molecule has 0 radical (unpaired) electrons. The minimum atomic E-state index is 0.164. The zero-order chi connectivity index (χ0) is 43.9. The minimum absolute atomic E-state index is 0.164. The molecule has 0 spiro atoms. The van der Waals surface area contributed by atoms with E-state index in [0.717, 1.165) is 56.1 Å². The Morgan fingerprint density at radius 2 is 1.22 bits per heavy atom. The van der Waals surface area contributed by atoms with Crippen molar-refractivity contribution in [2.45, 2.75) is 82.6 Å². The van der Waals surface area contributed by atoms with Crippen molar-refractivity contribution in [1.29, 1.82) is 0 Å². The van der Waals surface area contributed by atoms with Gasteiger partial charge in [0.2, 0.25) is 0 Å². The number of nitrogens with one attached hydrogen (secondary N) is 3. The molecule has 0 bridgehead atoms. The van der Waals surface area contributed by atoms with Gasteiger partial charge in [-0.1, -0.05) is 6.92 Å². The molecule has 0 unspecified atom stereocenters. The lowest BCUT2D eigenvalue weighted by Crippen LogP contribution is -2.26. The Labute approximate surface area is 330 Å². The van der Waals surface area contributed by atoms with Crippen LogP contribution in [0.5, 0.6) is 0 Å². The standard InChI is InChI=1S/C5H10N2.C5H12N2.C4H8N2.C4H6N2.C4H11N.C3H9N3.2C3H8N2.C3H6O.C3H4/c1-5-6-3-2-4-7-5;1-5(6-2)7(3)4;2*1-4-5-2-3-6-4;1-4-5(2)3;1-2-6-3(4)5;2*1-3(4)5-2;1-3(2)4;1-3-2/h2-4H2,1H3,(H,6,7);1-4H3;2-3H2,1H3,(H,5,6);2-3H,1H3,(H,5,6);4H2,1-3H3;2H2,1H3,(H4,4,5,6);2*1-2H3,(H2,4,5);1-2H3;1H,2H3. The quantitative estimate of drug-likeness (QED) is 0.132. The third-order valence-electron chi connectivity index (χ3n) is 5.19. The van der Waals surface area contributed by atoms with E-state index in [-0.39, 0.29) is 11.7 Å². The van der Waals surface area contributed by atoms with E-state index in [9.17, 15) is 4.79 Å². The highest BCUT2D eigenvalue weighted by Crippen LogP contribution is 1.86. The van der Waals surface area contributed by atoms with E-state index < -0.39 is 0 Å². The number of guanidine groups is 1. The van der Waals surface area contributed by atoms with Crippen molar-refractivity contribution in [2.75, 3.05) is 88.6 Å². The summed E-state index contributed by atoms with van der Waals surface area (Å²) in [6.45, 7) is 26.0. The third-order valence-corrected chi connectivity index (χ3v) is 5.19. The van der Waals surface area contributed by atoms with Crippen LogP contribution in [0.25, 0.3) is 0 Å². The molecule has 1 aromatic heterocycles. The Morgan fingerprint density at radius 3 is 1.30 bits per heavy atom. The summed E-state index contributed by atoms with van der Waals surface area (Å²) >= 11 is 0. The Kier molecular flexibility index (Phi) is 62.1. The van der Waals surface area contributed by atoms with E-state index in [1.807, 2.05) is 53.6 Å². The first kappa shape index (κ1) is 64.0. The Balaban J connectivity index is -0.0000000916. The highest BCUT2D eigenvalue weighted by atomic mass is 16.1. The van der Waals surface area contributed by atoms with Gasteiger partial charge in [-0.3, -0.25) is 30.0 Å². The Morgan fingerprint density at radius 1 is 0.833 bits per heavy atom. The number of Topliss-reactive ketones (excluding diaryl/α,β-unsaturated/α-hetero) is 1. The molecule has 316 valence electrons. The Hall–Kier alpha value is -4.98. The molecule has 0 aromatic carbocycles. The Bertz CT molecular complexity index is 1130. The number of aromatic nitrogens is 2. The van der Waals surface area contributed by atoms with Crippen LogP contribution in [0.3, 0.4) is 0 Å². The molecule has 0 atom stereocenters. The summed E-state index contributed by atoms with van der Waals surface area (Å²) in [6, 6.07) is 0. The van der Waals surface area contributed by atoms with Crippen LogP contribution in [0.2, 0.25) is 0 Å². The molecule has 54 heavy (non-hydrogen) atoms. The molecule has 11 N–H and O–H groups in total. The predicted molar refractivity (Wildman–Crippen MR) is 241 cm³/mol. The molecule has 3 heterocycles. The fourth-order valence-electron chi connectivity index (χ4n) is 1.89. The van der Waals surface area contributed by atoms with Gasteiger partial charge in [-0.2, -0.15) is 0 Å². The number of imidazole rings is 1. The number of aromatic amines is 1. The van der Waals surface area contributed by atoms with E-state index in [2.05, 4.69) is 88.8 Å². The number of nitrogens with two attached hydrogens (primary N) is 4. The maximum absolute atomic E-state index is 9.44. The lowest BCUT2D eigenvalue weighted by atomic mass is 10.4. The number of nitrogens with zero attached hydrogens (tertiary/aromatic N) is 9. The number of aryl methyl sites for hydroxylation is 1. The molecule has 0 aliphatic carbocycles. The second-order valence-corrected chi connectivity index (χ2v) is 11.2. The first-order valence-corrected chi connectivity index (χ1v) is 17.6. The number of hydrogen-bond donors (Lipinski definition) is 7. The lowest BCUT2D eigenvalue weighted by molar-refractivity contribution is -0.115. The van der Waals surface area contributed by atoms with Gasteiger partial charge >= 0.3 is 0 Å². The molecule has 17 nitrogen and oxygen atoms in total. The van der Waals surface area contributed by atoms with Crippen LogP contribution in [-0.2, 0) is 4.79 Å². The SMILES string of the molecule is C#CC.CC(C)=O.CC1=NCCCN1.CC1=NCCN1.CCN(C)C.CCN=C(N)N.CN=C(C)N.CN=C(C)N.CN=C(C)N(C)C.Cc1ncc[nH]1. The number of hydrogen-bond acceptors (Lipinski definition) is 11. The van der Waals surface area contributed by atoms with Gasteiger partial charge in [0.1, 0.15) is 11.6 Å². The largest absolute Gasteiger partial charge is 0.388 e. The summed E-state index contributed by atoms with van der Waals surface area (Å²) in [7, 11) is 13.2. The zero-order valence-electron chi connectivity index (χ0n) is 37.4. The number of amidine groups is 5. The van der Waals surface area contributed by atoms with Crippen LogP contribution in [-0.4, -0.2) is 149 Å². The molecule has 3 rings (SSSR count). The summed E-state index contributed by atoms with van der Waals surface area (Å²) in [5.41, 5.74) is 19.9. The second-order valence-electron chi connectivity index (χ2n) is 11.2. The summed E-state index contributed by atoms with van der Waals surface area (Å²) in [6.07, 6.45) is 9.32. The van der Waals surface area contributed by atoms with Gasteiger partial charge in [0.25, 0.3) is 0 Å². The van der Waals surface area contributed by atoms with E-state index in [1.54, 1.807) is 54.3 Å². The van der Waals surface area contributed by atoms with E-state index >= 15 is 0 Å². The number of carbonyl (C=O) groups excluding carboxylic acids is 1. The van der Waals surface area contributed by atoms with Gasteiger partial charge in [0, 0.05) is 73.8 Å². The fraction of sp³-hybridized carbons (Fsp3) is 0.676. The summed E-state index contributed by atoms with van der Waals surface area (Å²) in [4.78, 5) is 43.2. The van der Waals surface area contributed by atoms with Crippen molar-refractivity contribution >= 4 is 40.9 Å². The lowest BCUT2D eigenvalue weighted by Gasteiger charge is -2.08. The molecule has 0 saturated carbocycles. The van der Waals surface area contributed by atoms with Crippen LogP contribution < -0.4 is 33.6 Å². The first-order valence-electron chi connectivity index (χ1n) is 17.6. The molecular formula is C37H82N16O. The predicted octanol–water partition coefficient (Wildman–Crippen LogP) is 2.79. The van der Waals surface area contributed by atoms with E-state index in [0.29, 0.717) is 18.2 Å². The average molecular weight is 767 g/mol. The van der Waals surface area contributed by atoms with Crippen molar-refractivity contribution < 1.29 is 4.79 Å². The van der Waals surface area contributed by atoms with Crippen LogP contribution >= 0.6 is 0 Å². The number of rotatable bonds is 2. The number of ketones is 1. The minimum Gasteiger partial charge on any atom is -0.388 e. The third kappa shape index (κ3) is 97.1. The van der Waals surface area contributed by atoms with Crippen LogP contribution in [0, 0.1) is 19.3 Å². The number of H-pyrrole nitrogens is 1. The maximum atomic E-state index is 9.44. The number of aliphatic imine (C=N–C) groups is 6. The van der Waals surface area contributed by atoms with Crippen molar-refractivity contribution in [3.8, 4) is 12.3 Å². The summed E-state index contributed by atoms with van der Waals surface area (Å²) in [5, 5.41) is 6.20. The second kappa shape index (κ2) is 52.4. The average Bonchev–Trinajstić information content (AvgIpc) is 3.79. The molecular weight excluding hydrogens is 685 g/mol. The fourth-order valence-corrected chi connectivity index (χ4v) is 1.89. The van der Waals surface area contributed by atoms with Crippen molar-refractivity contribution in [3.05, 3.63) is 18.2 Å².